The number of allylic oxidation sites excluding steroid dienone is 6. The summed E-state index contributed by atoms with van der Waals surface area (Å²) in [6.07, 6.45) is 10.4. The van der Waals surface area contributed by atoms with Crippen molar-refractivity contribution in [1.82, 2.24) is 5.32 Å². The van der Waals surface area contributed by atoms with E-state index in [1.165, 1.54) is 37.0 Å². The largest absolute Gasteiger partial charge is 0.362 e. The van der Waals surface area contributed by atoms with E-state index < -0.39 is 0 Å². The summed E-state index contributed by atoms with van der Waals surface area (Å²) in [4.78, 5) is 11.3. The molecular weight excluding hydrogens is 186 g/mol. The highest BCUT2D eigenvalue weighted by molar-refractivity contribution is 5.93. The van der Waals surface area contributed by atoms with Crippen LogP contribution in [0.3, 0.4) is 0 Å². The van der Waals surface area contributed by atoms with Crippen molar-refractivity contribution in [2.75, 3.05) is 0 Å². The predicted octanol–water partition coefficient (Wildman–Crippen LogP) is 2.59. The Morgan fingerprint density at radius 1 is 1.00 bits per heavy atom. The Bertz CT molecular complexity index is 412. The summed E-state index contributed by atoms with van der Waals surface area (Å²) in [6, 6.07) is 0. The van der Waals surface area contributed by atoms with Gasteiger partial charge < -0.3 is 5.32 Å². The zero-order valence-corrected chi connectivity index (χ0v) is 8.81. The van der Waals surface area contributed by atoms with Gasteiger partial charge in [-0.15, -0.1) is 0 Å². The molecule has 0 atom stereocenters. The molecule has 2 aliphatic carbocycles. The smallest absolute Gasteiger partial charge is 0.161 e. The lowest BCUT2D eigenvalue weighted by atomic mass is 9.85. The summed E-state index contributed by atoms with van der Waals surface area (Å²) < 4.78 is 0. The van der Waals surface area contributed by atoms with E-state index in [0.717, 1.165) is 12.1 Å². The first-order chi connectivity index (χ1) is 7.33. The summed E-state index contributed by atoms with van der Waals surface area (Å²) in [5, 5.41) is 3.47. The number of nitrogens with one attached hydrogen (secondary N) is 1. The van der Waals surface area contributed by atoms with Crippen molar-refractivity contribution in [2.24, 2.45) is 0 Å². The van der Waals surface area contributed by atoms with Gasteiger partial charge in [0.1, 0.15) is 0 Å². The molecule has 0 radical (unpaired) electrons. The molecule has 0 unspecified atom stereocenters. The highest BCUT2D eigenvalue weighted by Gasteiger charge is 2.23. The first-order valence-corrected chi connectivity index (χ1v) is 5.74. The zero-order valence-electron chi connectivity index (χ0n) is 8.81. The van der Waals surface area contributed by atoms with Crippen LogP contribution in [0, 0.1) is 0 Å². The van der Waals surface area contributed by atoms with Crippen LogP contribution in [0.4, 0.5) is 0 Å². The Hall–Kier alpha value is -1.31. The van der Waals surface area contributed by atoms with Gasteiger partial charge in [-0.25, -0.2) is 0 Å². The number of carbonyl (C=O) groups is 1. The Balaban J connectivity index is 1.89. The maximum Gasteiger partial charge on any atom is 0.161 e. The van der Waals surface area contributed by atoms with Crippen LogP contribution in [0.25, 0.3) is 0 Å². The third kappa shape index (κ3) is 1.54. The van der Waals surface area contributed by atoms with Crippen molar-refractivity contribution in [2.45, 2.75) is 38.5 Å². The molecule has 2 heteroatoms. The average Bonchev–Trinajstić information content (AvgIpc) is 2.26. The third-order valence-electron chi connectivity index (χ3n) is 3.50. The fourth-order valence-corrected chi connectivity index (χ4v) is 2.66. The average molecular weight is 201 g/mol. The number of ketones is 1. The zero-order chi connectivity index (χ0) is 10.3. The van der Waals surface area contributed by atoms with Gasteiger partial charge in [0.2, 0.25) is 0 Å². The SMILES string of the molecule is O=C1C=CC2=C(C1)NC1=C(CCCC1)C2. The van der Waals surface area contributed by atoms with Crippen LogP contribution in [-0.2, 0) is 4.79 Å². The third-order valence-corrected chi connectivity index (χ3v) is 3.50. The lowest BCUT2D eigenvalue weighted by Gasteiger charge is -2.30. The quantitative estimate of drug-likeness (QED) is 0.652. The van der Waals surface area contributed by atoms with Gasteiger partial charge in [-0.1, -0.05) is 6.08 Å². The van der Waals surface area contributed by atoms with Gasteiger partial charge in [-0.2, -0.15) is 0 Å². The van der Waals surface area contributed by atoms with Crippen molar-refractivity contribution in [3.63, 3.8) is 0 Å². The Labute approximate surface area is 89.7 Å². The van der Waals surface area contributed by atoms with Crippen LogP contribution in [0.15, 0.2) is 34.7 Å². The molecule has 3 aliphatic rings. The van der Waals surface area contributed by atoms with Gasteiger partial charge in [-0.3, -0.25) is 4.79 Å². The van der Waals surface area contributed by atoms with E-state index in [2.05, 4.69) is 5.32 Å². The fourth-order valence-electron chi connectivity index (χ4n) is 2.66. The molecule has 1 N–H and O–H groups in total. The van der Waals surface area contributed by atoms with Crippen LogP contribution in [0.5, 0.6) is 0 Å². The number of dihydropyridines is 1. The van der Waals surface area contributed by atoms with Crippen molar-refractivity contribution < 1.29 is 4.79 Å². The number of hydrogen-bond donors (Lipinski definition) is 1. The molecular formula is C13H15NO. The first kappa shape index (κ1) is 8.96. The van der Waals surface area contributed by atoms with Gasteiger partial charge >= 0.3 is 0 Å². The molecule has 1 heterocycles. The molecule has 3 rings (SSSR count). The Morgan fingerprint density at radius 2 is 1.87 bits per heavy atom. The van der Waals surface area contributed by atoms with Crippen LogP contribution in [0.2, 0.25) is 0 Å². The van der Waals surface area contributed by atoms with Gasteiger partial charge in [-0.05, 0) is 49.3 Å². The number of rotatable bonds is 0. The molecule has 2 nitrogen and oxygen atoms in total. The minimum atomic E-state index is 0.223. The van der Waals surface area contributed by atoms with Crippen LogP contribution in [0.1, 0.15) is 38.5 Å². The van der Waals surface area contributed by atoms with E-state index >= 15 is 0 Å². The summed E-state index contributed by atoms with van der Waals surface area (Å²) in [7, 11) is 0. The van der Waals surface area contributed by atoms with Gasteiger partial charge in [0, 0.05) is 11.4 Å². The number of hydrogen-bond acceptors (Lipinski definition) is 2. The second-order valence-corrected chi connectivity index (χ2v) is 4.57. The van der Waals surface area contributed by atoms with Crippen molar-refractivity contribution >= 4 is 5.78 Å². The normalized spacial score (nSPS) is 24.9. The molecule has 0 aromatic carbocycles. The van der Waals surface area contributed by atoms with E-state index in [1.807, 2.05) is 6.08 Å². The minimum absolute atomic E-state index is 0.223. The molecule has 15 heavy (non-hydrogen) atoms. The second kappa shape index (κ2) is 3.37. The Kier molecular flexibility index (Phi) is 2.01. The lowest BCUT2D eigenvalue weighted by Crippen LogP contribution is -2.26. The Morgan fingerprint density at radius 3 is 2.80 bits per heavy atom. The van der Waals surface area contributed by atoms with Crippen molar-refractivity contribution in [1.29, 1.82) is 0 Å². The van der Waals surface area contributed by atoms with Gasteiger partial charge in [0.25, 0.3) is 0 Å². The summed E-state index contributed by atoms with van der Waals surface area (Å²) in [5.74, 6) is 0.223. The fraction of sp³-hybridized carbons (Fsp3) is 0.462. The molecule has 0 saturated carbocycles. The summed E-state index contributed by atoms with van der Waals surface area (Å²) >= 11 is 0. The molecule has 78 valence electrons. The molecule has 0 bridgehead atoms. The standard InChI is InChI=1S/C13H15NO/c15-11-6-5-10-7-9-3-1-2-4-12(9)14-13(10)8-11/h5-6,14H,1-4,7-8H2. The maximum atomic E-state index is 11.3. The topological polar surface area (TPSA) is 29.1 Å². The van der Waals surface area contributed by atoms with Crippen LogP contribution < -0.4 is 5.32 Å². The first-order valence-electron chi connectivity index (χ1n) is 5.74. The van der Waals surface area contributed by atoms with Crippen LogP contribution in [-0.4, -0.2) is 5.78 Å². The van der Waals surface area contributed by atoms with E-state index in [-0.39, 0.29) is 5.78 Å². The molecule has 0 aromatic rings. The molecule has 0 fully saturated rings. The molecule has 0 amide bonds. The maximum absolute atomic E-state index is 11.3. The highest BCUT2D eigenvalue weighted by Crippen LogP contribution is 2.35. The van der Waals surface area contributed by atoms with E-state index in [4.69, 9.17) is 0 Å². The van der Waals surface area contributed by atoms with E-state index in [9.17, 15) is 4.79 Å². The summed E-state index contributed by atoms with van der Waals surface area (Å²) in [5.41, 5.74) is 5.46. The molecule has 0 spiro atoms. The highest BCUT2D eigenvalue weighted by atomic mass is 16.1. The molecule has 0 saturated heterocycles. The van der Waals surface area contributed by atoms with Crippen molar-refractivity contribution in [3.05, 3.63) is 34.7 Å². The molecule has 1 aliphatic heterocycles. The minimum Gasteiger partial charge on any atom is -0.362 e. The van der Waals surface area contributed by atoms with E-state index in [0.29, 0.717) is 6.42 Å². The van der Waals surface area contributed by atoms with Crippen molar-refractivity contribution in [3.8, 4) is 0 Å². The van der Waals surface area contributed by atoms with Gasteiger partial charge in [0.05, 0.1) is 6.42 Å². The van der Waals surface area contributed by atoms with Crippen LogP contribution >= 0.6 is 0 Å². The monoisotopic (exact) mass is 201 g/mol. The predicted molar refractivity (Wildman–Crippen MR) is 59.0 cm³/mol. The van der Waals surface area contributed by atoms with E-state index in [1.54, 1.807) is 11.6 Å². The lowest BCUT2D eigenvalue weighted by molar-refractivity contribution is -0.114. The van der Waals surface area contributed by atoms with Gasteiger partial charge in [0.15, 0.2) is 5.78 Å². The summed E-state index contributed by atoms with van der Waals surface area (Å²) in [6.45, 7) is 0. The number of carbonyl (C=O) groups excluding carboxylic acids is 1. The second-order valence-electron chi connectivity index (χ2n) is 4.57. The molecule has 0 aromatic heterocycles.